The molecule has 0 bridgehead atoms. The van der Waals surface area contributed by atoms with Crippen LogP contribution in [-0.2, 0) is 14.3 Å². The topological polar surface area (TPSA) is 50.8 Å². The molecule has 2 aliphatic rings. The number of nitrogens with one attached hydrogen (secondary N) is 1. The average Bonchev–Trinajstić information content (AvgIpc) is 2.88. The van der Waals surface area contributed by atoms with Gasteiger partial charge in [0.2, 0.25) is 5.91 Å². The van der Waals surface area contributed by atoms with E-state index in [2.05, 4.69) is 10.2 Å². The molecule has 5 nitrogen and oxygen atoms in total. The third-order valence-electron chi connectivity index (χ3n) is 3.21. The summed E-state index contributed by atoms with van der Waals surface area (Å²) in [6, 6.07) is -0.109. The molecule has 86 valence electrons. The molecule has 0 aromatic carbocycles. The monoisotopic (exact) mass is 214 g/mol. The predicted octanol–water partition coefficient (Wildman–Crippen LogP) is -0.430. The van der Waals surface area contributed by atoms with E-state index < -0.39 is 5.79 Å². The lowest BCUT2D eigenvalue weighted by atomic mass is 10.2. The first-order valence-electron chi connectivity index (χ1n) is 5.40. The first-order valence-corrected chi connectivity index (χ1v) is 5.40. The molecule has 2 heterocycles. The fourth-order valence-corrected chi connectivity index (χ4v) is 2.22. The Hall–Kier alpha value is -0.650. The Morgan fingerprint density at radius 2 is 2.13 bits per heavy atom. The van der Waals surface area contributed by atoms with Crippen LogP contribution in [-0.4, -0.2) is 56.0 Å². The lowest BCUT2D eigenvalue weighted by molar-refractivity contribution is -0.148. The molecular weight excluding hydrogens is 196 g/mol. The largest absolute Gasteiger partial charge is 0.358 e. The molecule has 2 fully saturated rings. The highest BCUT2D eigenvalue weighted by Crippen LogP contribution is 2.31. The number of ether oxygens (including phenoxy) is 2. The summed E-state index contributed by atoms with van der Waals surface area (Å²) in [4.78, 5) is 13.6. The Balaban J connectivity index is 1.94. The van der Waals surface area contributed by atoms with Gasteiger partial charge in [0.05, 0.1) is 25.8 Å². The van der Waals surface area contributed by atoms with Crippen LogP contribution in [0, 0.1) is 0 Å². The lowest BCUT2D eigenvalue weighted by Gasteiger charge is -2.25. The molecule has 15 heavy (non-hydrogen) atoms. The molecule has 1 spiro atoms. The lowest BCUT2D eigenvalue weighted by Crippen LogP contribution is -2.45. The molecule has 0 saturated carbocycles. The molecule has 2 aliphatic heterocycles. The number of carbonyl (C=O) groups is 1. The molecule has 5 heteroatoms. The summed E-state index contributed by atoms with van der Waals surface area (Å²) in [6.07, 6.45) is 0.855. The second-order valence-corrected chi connectivity index (χ2v) is 4.12. The van der Waals surface area contributed by atoms with Crippen molar-refractivity contribution < 1.29 is 14.3 Å². The normalized spacial score (nSPS) is 27.1. The summed E-state index contributed by atoms with van der Waals surface area (Å²) in [5.41, 5.74) is 0. The van der Waals surface area contributed by atoms with Gasteiger partial charge in [0.25, 0.3) is 0 Å². The fraction of sp³-hybridized carbons (Fsp3) is 0.900. The van der Waals surface area contributed by atoms with Crippen molar-refractivity contribution in [2.45, 2.75) is 25.2 Å². The quantitative estimate of drug-likeness (QED) is 0.677. The Labute approximate surface area is 89.7 Å². The molecule has 0 aromatic rings. The van der Waals surface area contributed by atoms with Crippen molar-refractivity contribution in [3.63, 3.8) is 0 Å². The summed E-state index contributed by atoms with van der Waals surface area (Å²) in [5, 5.41) is 2.66. The van der Waals surface area contributed by atoms with Gasteiger partial charge >= 0.3 is 0 Å². The maximum absolute atomic E-state index is 11.5. The van der Waals surface area contributed by atoms with E-state index in [0.29, 0.717) is 19.8 Å². The van der Waals surface area contributed by atoms with E-state index in [1.165, 1.54) is 0 Å². The van der Waals surface area contributed by atoms with Gasteiger partial charge in [-0.25, -0.2) is 0 Å². The first-order chi connectivity index (χ1) is 7.17. The molecule has 1 N–H and O–H groups in total. The maximum Gasteiger partial charge on any atom is 0.236 e. The van der Waals surface area contributed by atoms with Crippen LogP contribution in [0.4, 0.5) is 0 Å². The second kappa shape index (κ2) is 4.08. The molecule has 0 aromatic heterocycles. The number of carbonyl (C=O) groups excluding carboxylic acids is 1. The molecular formula is C10H18N2O3. The number of nitrogens with zero attached hydrogens (tertiary/aromatic N) is 1. The van der Waals surface area contributed by atoms with Crippen molar-refractivity contribution >= 4 is 5.91 Å². The summed E-state index contributed by atoms with van der Waals surface area (Å²) >= 11 is 0. The van der Waals surface area contributed by atoms with Crippen molar-refractivity contribution in [2.24, 2.45) is 0 Å². The standard InChI is InChI=1S/C10H18N2O3/c1-8(9(13)11-2)12-4-3-10(7-12)14-5-6-15-10/h8H,3-7H2,1-2H3,(H,11,13). The number of likely N-dealkylation sites (tertiary alicyclic amines) is 1. The summed E-state index contributed by atoms with van der Waals surface area (Å²) in [7, 11) is 1.66. The van der Waals surface area contributed by atoms with E-state index in [1.807, 2.05) is 6.92 Å². The average molecular weight is 214 g/mol. The maximum atomic E-state index is 11.5. The SMILES string of the molecule is CNC(=O)C(C)N1CCC2(C1)OCCO2. The molecule has 1 unspecified atom stereocenters. The minimum absolute atomic E-state index is 0.0463. The van der Waals surface area contributed by atoms with Crippen LogP contribution in [0.2, 0.25) is 0 Å². The highest BCUT2D eigenvalue weighted by atomic mass is 16.7. The Morgan fingerprint density at radius 1 is 1.47 bits per heavy atom. The Bertz CT molecular complexity index is 251. The molecule has 2 rings (SSSR count). The van der Waals surface area contributed by atoms with Gasteiger partial charge in [-0.05, 0) is 6.92 Å². The van der Waals surface area contributed by atoms with Crippen LogP contribution in [0.5, 0.6) is 0 Å². The van der Waals surface area contributed by atoms with Gasteiger partial charge in [-0.2, -0.15) is 0 Å². The number of amides is 1. The number of likely N-dealkylation sites (N-methyl/N-ethyl adjacent to an activating group) is 1. The van der Waals surface area contributed by atoms with Crippen LogP contribution in [0.25, 0.3) is 0 Å². The van der Waals surface area contributed by atoms with Gasteiger partial charge in [0.1, 0.15) is 0 Å². The molecule has 1 amide bonds. The van der Waals surface area contributed by atoms with Gasteiger partial charge < -0.3 is 14.8 Å². The van der Waals surface area contributed by atoms with Crippen LogP contribution in [0.15, 0.2) is 0 Å². The van der Waals surface area contributed by atoms with Crippen LogP contribution in [0.3, 0.4) is 0 Å². The van der Waals surface area contributed by atoms with Crippen molar-refractivity contribution in [1.82, 2.24) is 10.2 Å². The summed E-state index contributed by atoms with van der Waals surface area (Å²) in [5.74, 6) is -0.382. The van der Waals surface area contributed by atoms with Gasteiger partial charge in [-0.1, -0.05) is 0 Å². The smallest absolute Gasteiger partial charge is 0.236 e. The minimum Gasteiger partial charge on any atom is -0.358 e. The highest BCUT2D eigenvalue weighted by Gasteiger charge is 2.45. The van der Waals surface area contributed by atoms with E-state index in [9.17, 15) is 4.79 Å². The number of rotatable bonds is 2. The molecule has 2 saturated heterocycles. The fourth-order valence-electron chi connectivity index (χ4n) is 2.22. The predicted molar refractivity (Wildman–Crippen MR) is 54.4 cm³/mol. The van der Waals surface area contributed by atoms with Crippen molar-refractivity contribution in [2.75, 3.05) is 33.4 Å². The minimum atomic E-state index is -0.428. The first kappa shape index (κ1) is 10.9. The van der Waals surface area contributed by atoms with Crippen LogP contribution in [0.1, 0.15) is 13.3 Å². The van der Waals surface area contributed by atoms with Crippen LogP contribution >= 0.6 is 0 Å². The zero-order chi connectivity index (χ0) is 10.9. The zero-order valence-electron chi connectivity index (χ0n) is 9.28. The number of hydrogen-bond donors (Lipinski definition) is 1. The second-order valence-electron chi connectivity index (χ2n) is 4.12. The van der Waals surface area contributed by atoms with Crippen molar-refractivity contribution in [3.8, 4) is 0 Å². The summed E-state index contributed by atoms with van der Waals surface area (Å²) in [6.45, 7) is 4.80. The highest BCUT2D eigenvalue weighted by molar-refractivity contribution is 5.81. The summed E-state index contributed by atoms with van der Waals surface area (Å²) < 4.78 is 11.2. The van der Waals surface area contributed by atoms with Crippen molar-refractivity contribution in [3.05, 3.63) is 0 Å². The molecule has 1 atom stereocenters. The Kier molecular flexibility index (Phi) is 2.95. The molecule has 0 aliphatic carbocycles. The van der Waals surface area contributed by atoms with Gasteiger partial charge in [-0.3, -0.25) is 9.69 Å². The Morgan fingerprint density at radius 3 is 2.73 bits per heavy atom. The van der Waals surface area contributed by atoms with Gasteiger partial charge in [0, 0.05) is 20.0 Å². The van der Waals surface area contributed by atoms with Gasteiger partial charge in [0.15, 0.2) is 5.79 Å². The number of hydrogen-bond acceptors (Lipinski definition) is 4. The molecule has 0 radical (unpaired) electrons. The van der Waals surface area contributed by atoms with E-state index >= 15 is 0 Å². The van der Waals surface area contributed by atoms with E-state index in [0.717, 1.165) is 13.0 Å². The van der Waals surface area contributed by atoms with E-state index in [4.69, 9.17) is 9.47 Å². The van der Waals surface area contributed by atoms with Gasteiger partial charge in [-0.15, -0.1) is 0 Å². The van der Waals surface area contributed by atoms with Crippen molar-refractivity contribution in [1.29, 1.82) is 0 Å². The van der Waals surface area contributed by atoms with Crippen LogP contribution < -0.4 is 5.32 Å². The van der Waals surface area contributed by atoms with E-state index in [-0.39, 0.29) is 11.9 Å². The third-order valence-corrected chi connectivity index (χ3v) is 3.21. The third kappa shape index (κ3) is 2.00. The van der Waals surface area contributed by atoms with E-state index in [1.54, 1.807) is 7.05 Å². The zero-order valence-corrected chi connectivity index (χ0v) is 9.28.